The van der Waals surface area contributed by atoms with Crippen molar-refractivity contribution in [2.24, 2.45) is 5.73 Å². The first-order chi connectivity index (χ1) is 8.84. The maximum Gasteiger partial charge on any atom is 0.240 e. The topological polar surface area (TPSA) is 99.1 Å². The molecule has 19 heavy (non-hydrogen) atoms. The third kappa shape index (κ3) is 2.47. The first kappa shape index (κ1) is 13.6. The molecule has 0 unspecified atom stereocenters. The monoisotopic (exact) mass is 289 g/mol. The molecular weight excluding hydrogens is 280 g/mol. The third-order valence-corrected chi connectivity index (χ3v) is 3.44. The highest BCUT2D eigenvalue weighted by Crippen LogP contribution is 2.28. The molecule has 1 aromatic carbocycles. The standard InChI is InChI=1S/C10H9F2N3O3S/c1-19(16,17)6-3-2-5(11)8(9(6)12)10-14-7(4-13)18-15-10/h2-3H,4,13H2,1H3. The van der Waals surface area contributed by atoms with E-state index in [1.807, 2.05) is 0 Å². The Hall–Kier alpha value is -1.87. The Morgan fingerprint density at radius 2 is 2.05 bits per heavy atom. The van der Waals surface area contributed by atoms with Crippen molar-refractivity contribution in [2.45, 2.75) is 11.4 Å². The minimum absolute atomic E-state index is 0.0152. The van der Waals surface area contributed by atoms with Crippen LogP contribution in [-0.4, -0.2) is 24.8 Å². The van der Waals surface area contributed by atoms with Gasteiger partial charge in [0.2, 0.25) is 11.7 Å². The third-order valence-electron chi connectivity index (χ3n) is 2.32. The van der Waals surface area contributed by atoms with E-state index in [1.54, 1.807) is 0 Å². The quantitative estimate of drug-likeness (QED) is 0.842. The first-order valence-corrected chi connectivity index (χ1v) is 6.95. The summed E-state index contributed by atoms with van der Waals surface area (Å²) in [6, 6.07) is 1.67. The van der Waals surface area contributed by atoms with Crippen molar-refractivity contribution in [3.05, 3.63) is 29.7 Å². The number of rotatable bonds is 3. The molecule has 0 aliphatic carbocycles. The summed E-state index contributed by atoms with van der Waals surface area (Å²) in [5.41, 5.74) is 4.58. The fraction of sp³-hybridized carbons (Fsp3) is 0.200. The number of hydrogen-bond donors (Lipinski definition) is 1. The zero-order chi connectivity index (χ0) is 14.2. The Morgan fingerprint density at radius 1 is 1.37 bits per heavy atom. The molecule has 2 aromatic rings. The highest BCUT2D eigenvalue weighted by atomic mass is 32.2. The minimum atomic E-state index is -3.83. The smallest absolute Gasteiger partial charge is 0.240 e. The van der Waals surface area contributed by atoms with Crippen LogP contribution in [0.3, 0.4) is 0 Å². The Bertz CT molecular complexity index is 728. The van der Waals surface area contributed by atoms with E-state index in [-0.39, 0.29) is 18.3 Å². The molecule has 0 aliphatic rings. The van der Waals surface area contributed by atoms with Gasteiger partial charge in [0.05, 0.1) is 12.1 Å². The second-order valence-electron chi connectivity index (χ2n) is 3.72. The predicted octanol–water partition coefficient (Wildman–Crippen LogP) is 0.877. The van der Waals surface area contributed by atoms with Crippen LogP contribution in [0.25, 0.3) is 11.4 Å². The lowest BCUT2D eigenvalue weighted by atomic mass is 10.2. The van der Waals surface area contributed by atoms with Crippen LogP contribution < -0.4 is 5.73 Å². The molecule has 0 saturated carbocycles. The average molecular weight is 289 g/mol. The molecule has 0 atom stereocenters. The van der Waals surface area contributed by atoms with E-state index in [1.165, 1.54) is 0 Å². The van der Waals surface area contributed by atoms with Crippen molar-refractivity contribution in [3.8, 4) is 11.4 Å². The van der Waals surface area contributed by atoms with Gasteiger partial charge >= 0.3 is 0 Å². The van der Waals surface area contributed by atoms with Crippen LogP contribution in [0.1, 0.15) is 5.89 Å². The van der Waals surface area contributed by atoms with Gasteiger partial charge in [0.15, 0.2) is 15.7 Å². The number of hydrogen-bond acceptors (Lipinski definition) is 6. The molecule has 2 N–H and O–H groups in total. The highest BCUT2D eigenvalue weighted by molar-refractivity contribution is 7.90. The summed E-state index contributed by atoms with van der Waals surface area (Å²) in [5, 5.41) is 3.36. The van der Waals surface area contributed by atoms with Gasteiger partial charge in [-0.3, -0.25) is 0 Å². The summed E-state index contributed by atoms with van der Waals surface area (Å²) in [5.74, 6) is -2.65. The van der Waals surface area contributed by atoms with Gasteiger partial charge in [-0.05, 0) is 12.1 Å². The summed E-state index contributed by atoms with van der Waals surface area (Å²) in [6.45, 7) is -0.0952. The molecule has 0 radical (unpaired) electrons. The Kier molecular flexibility index (Phi) is 3.33. The molecule has 6 nitrogen and oxygen atoms in total. The van der Waals surface area contributed by atoms with Gasteiger partial charge < -0.3 is 10.3 Å². The molecule has 9 heteroatoms. The molecule has 0 aliphatic heterocycles. The molecule has 0 spiro atoms. The number of sulfone groups is 1. The van der Waals surface area contributed by atoms with E-state index in [0.717, 1.165) is 18.4 Å². The molecule has 2 rings (SSSR count). The molecule has 0 saturated heterocycles. The summed E-state index contributed by atoms with van der Waals surface area (Å²) in [7, 11) is -3.83. The van der Waals surface area contributed by atoms with E-state index in [4.69, 9.17) is 5.73 Å². The Labute approximate surface area is 107 Å². The van der Waals surface area contributed by atoms with Crippen molar-refractivity contribution in [1.29, 1.82) is 0 Å². The average Bonchev–Trinajstić information content (AvgIpc) is 2.75. The van der Waals surface area contributed by atoms with Crippen LogP contribution in [0.15, 0.2) is 21.6 Å². The van der Waals surface area contributed by atoms with Crippen LogP contribution in [0, 0.1) is 11.6 Å². The predicted molar refractivity (Wildman–Crippen MR) is 60.7 cm³/mol. The Morgan fingerprint density at radius 3 is 2.58 bits per heavy atom. The minimum Gasteiger partial charge on any atom is -0.338 e. The number of nitrogens with two attached hydrogens (primary N) is 1. The van der Waals surface area contributed by atoms with Crippen molar-refractivity contribution < 1.29 is 21.7 Å². The molecule has 1 heterocycles. The number of aromatic nitrogens is 2. The van der Waals surface area contributed by atoms with Crippen LogP contribution in [0.4, 0.5) is 8.78 Å². The fourth-order valence-corrected chi connectivity index (χ4v) is 2.21. The van der Waals surface area contributed by atoms with Gasteiger partial charge in [0, 0.05) is 6.26 Å². The van der Waals surface area contributed by atoms with E-state index in [2.05, 4.69) is 14.7 Å². The molecule has 102 valence electrons. The number of benzene rings is 1. The second kappa shape index (κ2) is 4.67. The van der Waals surface area contributed by atoms with Crippen LogP contribution in [0.5, 0.6) is 0 Å². The molecule has 0 bridgehead atoms. The lowest BCUT2D eigenvalue weighted by molar-refractivity contribution is 0.380. The van der Waals surface area contributed by atoms with E-state index < -0.39 is 31.9 Å². The second-order valence-corrected chi connectivity index (χ2v) is 5.71. The summed E-state index contributed by atoms with van der Waals surface area (Å²) in [4.78, 5) is 3.03. The van der Waals surface area contributed by atoms with Gasteiger partial charge in [0.25, 0.3) is 0 Å². The highest BCUT2D eigenvalue weighted by Gasteiger charge is 2.24. The van der Waals surface area contributed by atoms with Gasteiger partial charge in [0.1, 0.15) is 10.7 Å². The lowest BCUT2D eigenvalue weighted by Crippen LogP contribution is -2.04. The van der Waals surface area contributed by atoms with Crippen molar-refractivity contribution in [2.75, 3.05) is 6.26 Å². The summed E-state index contributed by atoms with van der Waals surface area (Å²) >= 11 is 0. The van der Waals surface area contributed by atoms with E-state index in [9.17, 15) is 17.2 Å². The maximum atomic E-state index is 14.1. The normalized spacial score (nSPS) is 11.8. The molecular formula is C10H9F2N3O3S. The molecule has 0 amide bonds. The van der Waals surface area contributed by atoms with Crippen molar-refractivity contribution in [1.82, 2.24) is 10.1 Å². The fourth-order valence-electron chi connectivity index (χ4n) is 1.46. The van der Waals surface area contributed by atoms with Gasteiger partial charge in [-0.2, -0.15) is 4.98 Å². The molecule has 1 aromatic heterocycles. The Balaban J connectivity index is 2.69. The SMILES string of the molecule is CS(=O)(=O)c1ccc(F)c(-c2noc(CN)n2)c1F. The van der Waals surface area contributed by atoms with Crippen LogP contribution in [-0.2, 0) is 16.4 Å². The van der Waals surface area contributed by atoms with Gasteiger partial charge in [-0.15, -0.1) is 0 Å². The van der Waals surface area contributed by atoms with Crippen LogP contribution in [0.2, 0.25) is 0 Å². The van der Waals surface area contributed by atoms with E-state index >= 15 is 0 Å². The number of nitrogens with zero attached hydrogens (tertiary/aromatic N) is 2. The van der Waals surface area contributed by atoms with Crippen molar-refractivity contribution >= 4 is 9.84 Å². The van der Waals surface area contributed by atoms with Crippen molar-refractivity contribution in [3.63, 3.8) is 0 Å². The summed E-state index contributed by atoms with van der Waals surface area (Å²) < 4.78 is 55.0. The van der Waals surface area contributed by atoms with Crippen LogP contribution >= 0.6 is 0 Å². The number of halogens is 2. The van der Waals surface area contributed by atoms with E-state index in [0.29, 0.717) is 0 Å². The summed E-state index contributed by atoms with van der Waals surface area (Å²) in [6.07, 6.45) is 0.814. The lowest BCUT2D eigenvalue weighted by Gasteiger charge is -2.05. The maximum absolute atomic E-state index is 14.1. The zero-order valence-corrected chi connectivity index (χ0v) is 10.5. The molecule has 0 fully saturated rings. The first-order valence-electron chi connectivity index (χ1n) is 5.05. The zero-order valence-electron chi connectivity index (χ0n) is 9.72. The largest absolute Gasteiger partial charge is 0.338 e. The van der Waals surface area contributed by atoms with Gasteiger partial charge in [-0.1, -0.05) is 5.16 Å². The van der Waals surface area contributed by atoms with Gasteiger partial charge in [-0.25, -0.2) is 17.2 Å².